The predicted molar refractivity (Wildman–Crippen MR) is 92.9 cm³/mol. The first kappa shape index (κ1) is 34.9. The minimum Gasteiger partial charge on any atom is -0.799 e. The number of aromatic nitrogens is 1. The molecule has 1 aromatic carbocycles. The van der Waals surface area contributed by atoms with Gasteiger partial charge < -0.3 is 34.6 Å². The molecular weight excluding hydrogens is 490 g/mol. The van der Waals surface area contributed by atoms with Crippen LogP contribution in [0.25, 0.3) is 10.9 Å². The summed E-state index contributed by atoms with van der Waals surface area (Å²) in [6, 6.07) is 4.52. The van der Waals surface area contributed by atoms with Gasteiger partial charge in [0, 0.05) is 23.5 Å². The van der Waals surface area contributed by atoms with Crippen LogP contribution in [0.3, 0.4) is 0 Å². The number of nitrogens with one attached hydrogen (secondary N) is 3. The van der Waals surface area contributed by atoms with Crippen molar-refractivity contribution < 1.29 is 183 Å². The van der Waals surface area contributed by atoms with Gasteiger partial charge in [0.15, 0.2) is 0 Å². The van der Waals surface area contributed by atoms with Gasteiger partial charge in [-0.25, -0.2) is 0 Å². The molecule has 0 aliphatic carbocycles. The predicted octanol–water partition coefficient (Wildman–Crippen LogP) is -10.2. The van der Waals surface area contributed by atoms with Gasteiger partial charge >= 0.3 is 154 Å². The molecule has 0 aliphatic heterocycles. The van der Waals surface area contributed by atoms with E-state index in [-0.39, 0.29) is 161 Å². The Morgan fingerprint density at radius 3 is 2.30 bits per heavy atom. The molecule has 0 radical (unpaired) electrons. The van der Waals surface area contributed by atoms with E-state index in [0.29, 0.717) is 12.0 Å². The van der Waals surface area contributed by atoms with E-state index in [4.69, 9.17) is 0 Å². The summed E-state index contributed by atoms with van der Waals surface area (Å²) in [4.78, 5) is 49.1. The largest absolute Gasteiger partial charge is 1.00 e. The minimum atomic E-state index is -5.18. The van der Waals surface area contributed by atoms with E-state index in [0.717, 1.165) is 10.9 Å². The van der Waals surface area contributed by atoms with Crippen LogP contribution >= 0.6 is 7.75 Å². The molecule has 0 fully saturated rings. The molecule has 1 amide bonds. The fraction of sp³-hybridized carbons (Fsp3) is 0.412. The third-order valence-corrected chi connectivity index (χ3v) is 5.09. The molecule has 1 heterocycles. The first-order valence-corrected chi connectivity index (χ1v) is 10.0. The van der Waals surface area contributed by atoms with E-state index >= 15 is 0 Å². The average molecular weight is 512 g/mol. The normalized spacial score (nSPS) is 13.7. The van der Waals surface area contributed by atoms with Crippen LogP contribution in [0, 0.1) is 5.92 Å². The summed E-state index contributed by atoms with van der Waals surface area (Å²) >= 11 is 0. The first-order chi connectivity index (χ1) is 12.6. The zero-order chi connectivity index (χ0) is 20.2. The van der Waals surface area contributed by atoms with Crippen molar-refractivity contribution in [1.82, 2.24) is 15.4 Å². The van der Waals surface area contributed by atoms with Crippen molar-refractivity contribution in [3.8, 4) is 0 Å². The van der Waals surface area contributed by atoms with Crippen LogP contribution in [0.15, 0.2) is 30.5 Å². The van der Waals surface area contributed by atoms with Crippen molar-refractivity contribution in [2.75, 3.05) is 0 Å². The second kappa shape index (κ2) is 16.4. The number of hydrogen-bond acceptors (Lipinski definition) is 6. The fourth-order valence-corrected chi connectivity index (χ4v) is 3.54. The van der Waals surface area contributed by atoms with Crippen molar-refractivity contribution >= 4 is 30.5 Å². The third kappa shape index (κ3) is 11.0. The van der Waals surface area contributed by atoms with Crippen LogP contribution in [0.4, 0.5) is 0 Å². The monoisotopic (exact) mass is 511 g/mol. The van der Waals surface area contributed by atoms with Crippen LogP contribution in [0.1, 0.15) is 25.8 Å². The van der Waals surface area contributed by atoms with E-state index in [2.05, 4.69) is 10.3 Å². The van der Waals surface area contributed by atoms with Gasteiger partial charge in [-0.2, -0.15) is 0 Å². The van der Waals surface area contributed by atoms with E-state index in [1.54, 1.807) is 31.2 Å². The molecule has 0 spiro atoms. The Morgan fingerprint density at radius 1 is 1.17 bits per heavy atom. The number of carboxylic acids is 1. The molecule has 0 aliphatic rings. The van der Waals surface area contributed by atoms with Crippen molar-refractivity contribution in [3.05, 3.63) is 36.0 Å². The standard InChI is InChI=1S/C17H24N3O6P.3K/c1-3-10(2)15(20-27(24,25)26)16(21)19-14(17(22)23)8-11-9-18-13-7-5-4-6-12(11)13;;;/h4-7,9-10,14-15,18H,3,8H2,1-2H3,(H,19,21)(H,22,23)(H3,20,24,25,26);;;/q;3*+1/p-3/t10-,14+,15+;;;/m1.../s1. The number of amides is 1. The van der Waals surface area contributed by atoms with Crippen molar-refractivity contribution in [3.63, 3.8) is 0 Å². The number of rotatable bonds is 9. The summed E-state index contributed by atoms with van der Waals surface area (Å²) in [7, 11) is -5.18. The van der Waals surface area contributed by atoms with Gasteiger partial charge in [0.05, 0.1) is 18.1 Å². The molecule has 13 heteroatoms. The van der Waals surface area contributed by atoms with E-state index in [1.807, 2.05) is 18.2 Å². The Balaban J connectivity index is 0. The van der Waals surface area contributed by atoms with Gasteiger partial charge in [-0.1, -0.05) is 38.5 Å². The van der Waals surface area contributed by atoms with Crippen molar-refractivity contribution in [2.45, 2.75) is 38.8 Å². The molecule has 0 saturated heterocycles. The molecule has 2 aromatic rings. The quantitative estimate of drug-likeness (QED) is 0.223. The number of carbonyl (C=O) groups excluding carboxylic acids is 2. The van der Waals surface area contributed by atoms with Crippen LogP contribution in [0.2, 0.25) is 0 Å². The zero-order valence-electron chi connectivity index (χ0n) is 17.9. The Kier molecular flexibility index (Phi) is 19.1. The van der Waals surface area contributed by atoms with Crippen LogP contribution in [0.5, 0.6) is 0 Å². The molecule has 1 aromatic heterocycles. The Hall–Kier alpha value is 2.72. The zero-order valence-corrected chi connectivity index (χ0v) is 28.2. The van der Waals surface area contributed by atoms with E-state index in [1.165, 1.54) is 0 Å². The fourth-order valence-electron chi connectivity index (χ4n) is 2.83. The topological polar surface area (TPSA) is 160 Å². The molecule has 0 saturated carbocycles. The van der Waals surface area contributed by atoms with Gasteiger partial charge in [-0.3, -0.25) is 9.88 Å². The van der Waals surface area contributed by atoms with Gasteiger partial charge in [0.2, 0.25) is 5.91 Å². The summed E-state index contributed by atoms with van der Waals surface area (Å²) in [5, 5.41) is 16.3. The number of carboxylic acid groups (broad SMARTS) is 1. The Morgan fingerprint density at radius 2 is 1.77 bits per heavy atom. The number of aliphatic carboxylic acids is 1. The van der Waals surface area contributed by atoms with E-state index < -0.39 is 37.6 Å². The second-order valence-electron chi connectivity index (χ2n) is 6.43. The maximum absolute atomic E-state index is 12.5. The van der Waals surface area contributed by atoms with E-state index in [9.17, 15) is 29.0 Å². The number of carbonyl (C=O) groups is 2. The number of hydrogen-bond donors (Lipinski definition) is 3. The maximum atomic E-state index is 12.5. The molecular formula is C17H21K3N3O6P. The van der Waals surface area contributed by atoms with Crippen molar-refractivity contribution in [1.29, 1.82) is 0 Å². The van der Waals surface area contributed by atoms with Crippen LogP contribution in [-0.2, 0) is 20.6 Å². The van der Waals surface area contributed by atoms with Crippen LogP contribution in [-0.4, -0.2) is 28.9 Å². The van der Waals surface area contributed by atoms with Crippen molar-refractivity contribution in [2.24, 2.45) is 5.92 Å². The molecule has 3 N–H and O–H groups in total. The molecule has 30 heavy (non-hydrogen) atoms. The number of aromatic amines is 1. The summed E-state index contributed by atoms with van der Waals surface area (Å²) in [5.74, 6) is -2.90. The van der Waals surface area contributed by atoms with Gasteiger partial charge in [0.1, 0.15) is 0 Å². The summed E-state index contributed by atoms with van der Waals surface area (Å²) in [6.45, 7) is 3.30. The molecule has 3 atom stereocenters. The average Bonchev–Trinajstić information content (AvgIpc) is 3.00. The summed E-state index contributed by atoms with van der Waals surface area (Å²) in [5.41, 5.74) is 1.47. The molecule has 2 rings (SSSR count). The minimum absolute atomic E-state index is 0. The summed E-state index contributed by atoms with van der Waals surface area (Å²) < 4.78 is 11.0. The molecule has 9 nitrogen and oxygen atoms in total. The number of benzene rings is 1. The smallest absolute Gasteiger partial charge is 0.799 e. The molecule has 0 unspecified atom stereocenters. The number of para-hydroxylation sites is 1. The number of H-pyrrole nitrogens is 1. The third-order valence-electron chi connectivity index (χ3n) is 4.49. The SMILES string of the molecule is CC[C@@H](C)[C@H](NP(=O)([O-])[O-])C(=O)N[C@@H](Cc1c[nH]c2ccccc12)C(=O)[O-].[K+].[K+].[K+]. The molecule has 0 bridgehead atoms. The Labute approximate surface area is 303 Å². The Bertz CT molecular complexity index is 875. The van der Waals surface area contributed by atoms with Gasteiger partial charge in [-0.15, -0.1) is 0 Å². The molecule has 148 valence electrons. The van der Waals surface area contributed by atoms with Gasteiger partial charge in [-0.05, 0) is 25.3 Å². The maximum Gasteiger partial charge on any atom is 1.00 e. The summed E-state index contributed by atoms with van der Waals surface area (Å²) in [6.07, 6.45) is 1.99. The second-order valence-corrected chi connectivity index (χ2v) is 7.69. The first-order valence-electron chi connectivity index (χ1n) is 8.48. The van der Waals surface area contributed by atoms with Gasteiger partial charge in [0.25, 0.3) is 0 Å². The number of fused-ring (bicyclic) bond motifs is 1. The van der Waals surface area contributed by atoms with Crippen LogP contribution < -0.4 is 179 Å².